The summed E-state index contributed by atoms with van der Waals surface area (Å²) in [5, 5.41) is 1.06. The molecule has 2 aromatic carbocycles. The molecule has 7 heteroatoms. The SMILES string of the molecule is CC(C)CN(CC(C)C)C(=O)CSc1nc2ccc(Br)cc2c(=O)n1-c1ccccc1. The molecule has 0 spiro atoms. The Morgan fingerprint density at radius 1 is 1.06 bits per heavy atom. The number of nitrogens with zero attached hydrogens (tertiary/aromatic N) is 3. The number of carbonyl (C=O) groups excluding carboxylic acids is 1. The first-order valence-corrected chi connectivity index (χ1v) is 12.2. The van der Waals surface area contributed by atoms with E-state index in [1.807, 2.05) is 47.4 Å². The molecule has 0 N–H and O–H groups in total. The summed E-state index contributed by atoms with van der Waals surface area (Å²) < 4.78 is 2.43. The van der Waals surface area contributed by atoms with Gasteiger partial charge in [0.1, 0.15) is 0 Å². The molecule has 0 saturated heterocycles. The second-order valence-corrected chi connectivity index (χ2v) is 10.3. The maximum atomic E-state index is 13.4. The summed E-state index contributed by atoms with van der Waals surface area (Å²) >= 11 is 4.75. The molecule has 0 saturated carbocycles. The van der Waals surface area contributed by atoms with Crippen molar-refractivity contribution < 1.29 is 4.79 Å². The van der Waals surface area contributed by atoms with Crippen LogP contribution in [0.1, 0.15) is 27.7 Å². The first-order valence-electron chi connectivity index (χ1n) is 10.4. The minimum Gasteiger partial charge on any atom is -0.341 e. The minimum atomic E-state index is -0.145. The Balaban J connectivity index is 1.98. The molecule has 0 unspecified atom stereocenters. The lowest BCUT2D eigenvalue weighted by atomic mass is 10.1. The summed E-state index contributed by atoms with van der Waals surface area (Å²) in [5.41, 5.74) is 1.21. The van der Waals surface area contributed by atoms with Crippen LogP contribution in [-0.2, 0) is 4.79 Å². The van der Waals surface area contributed by atoms with E-state index in [1.165, 1.54) is 11.8 Å². The molecule has 5 nitrogen and oxygen atoms in total. The molecule has 0 aliphatic rings. The quantitative estimate of drug-likeness (QED) is 0.307. The summed E-state index contributed by atoms with van der Waals surface area (Å²) in [6.07, 6.45) is 0. The summed E-state index contributed by atoms with van der Waals surface area (Å²) in [6, 6.07) is 14.9. The van der Waals surface area contributed by atoms with Gasteiger partial charge in [0, 0.05) is 17.6 Å². The number of amides is 1. The van der Waals surface area contributed by atoms with Gasteiger partial charge < -0.3 is 4.90 Å². The maximum absolute atomic E-state index is 13.4. The molecule has 1 aromatic heterocycles. The van der Waals surface area contributed by atoms with Crippen molar-refractivity contribution in [2.45, 2.75) is 32.9 Å². The molecule has 3 aromatic rings. The number of halogens is 1. The van der Waals surface area contributed by atoms with E-state index in [0.717, 1.165) is 23.2 Å². The molecule has 1 heterocycles. The van der Waals surface area contributed by atoms with Crippen LogP contribution < -0.4 is 5.56 Å². The lowest BCUT2D eigenvalue weighted by molar-refractivity contribution is -0.129. The third kappa shape index (κ3) is 5.98. The van der Waals surface area contributed by atoms with Crippen molar-refractivity contribution in [2.24, 2.45) is 11.8 Å². The van der Waals surface area contributed by atoms with Crippen molar-refractivity contribution in [2.75, 3.05) is 18.8 Å². The minimum absolute atomic E-state index is 0.0668. The van der Waals surface area contributed by atoms with Crippen LogP contribution in [0.25, 0.3) is 16.6 Å². The molecule has 1 amide bonds. The van der Waals surface area contributed by atoms with Crippen molar-refractivity contribution in [3.8, 4) is 5.69 Å². The van der Waals surface area contributed by atoms with Crippen LogP contribution in [0, 0.1) is 11.8 Å². The van der Waals surface area contributed by atoms with E-state index in [9.17, 15) is 9.59 Å². The largest absolute Gasteiger partial charge is 0.341 e. The standard InChI is InChI=1S/C24H28BrN3O2S/c1-16(2)13-27(14-17(3)4)22(29)15-31-24-26-21-11-10-18(25)12-20(21)23(30)28(24)19-8-6-5-7-9-19/h5-12,16-17H,13-15H2,1-4H3. The fourth-order valence-electron chi connectivity index (χ4n) is 3.42. The van der Waals surface area contributed by atoms with Crippen molar-refractivity contribution in [1.82, 2.24) is 14.5 Å². The predicted molar refractivity (Wildman–Crippen MR) is 132 cm³/mol. The number of hydrogen-bond acceptors (Lipinski definition) is 4. The summed E-state index contributed by atoms with van der Waals surface area (Å²) in [5.74, 6) is 1.10. The molecule has 0 radical (unpaired) electrons. The third-order valence-electron chi connectivity index (χ3n) is 4.66. The van der Waals surface area contributed by atoms with Gasteiger partial charge in [-0.2, -0.15) is 0 Å². The van der Waals surface area contributed by atoms with E-state index in [4.69, 9.17) is 4.98 Å². The Hall–Kier alpha value is -2.12. The van der Waals surface area contributed by atoms with E-state index in [2.05, 4.69) is 43.6 Å². The highest BCUT2D eigenvalue weighted by Crippen LogP contribution is 2.23. The summed E-state index contributed by atoms with van der Waals surface area (Å²) in [7, 11) is 0. The fourth-order valence-corrected chi connectivity index (χ4v) is 4.69. The van der Waals surface area contributed by atoms with Gasteiger partial charge in [-0.15, -0.1) is 0 Å². The Bertz CT molecular complexity index is 1100. The maximum Gasteiger partial charge on any atom is 0.266 e. The van der Waals surface area contributed by atoms with Crippen molar-refractivity contribution in [1.29, 1.82) is 0 Å². The Morgan fingerprint density at radius 2 is 1.71 bits per heavy atom. The zero-order valence-corrected chi connectivity index (χ0v) is 20.7. The molecule has 0 aliphatic carbocycles. The Labute approximate surface area is 196 Å². The van der Waals surface area contributed by atoms with Crippen LogP contribution >= 0.6 is 27.7 Å². The Morgan fingerprint density at radius 3 is 2.32 bits per heavy atom. The normalized spacial score (nSPS) is 11.5. The van der Waals surface area contributed by atoms with E-state index >= 15 is 0 Å². The van der Waals surface area contributed by atoms with Gasteiger partial charge in [-0.25, -0.2) is 4.98 Å². The smallest absolute Gasteiger partial charge is 0.266 e. The van der Waals surface area contributed by atoms with Gasteiger partial charge in [-0.05, 0) is 42.2 Å². The molecule has 0 bridgehead atoms. The van der Waals surface area contributed by atoms with Gasteiger partial charge >= 0.3 is 0 Å². The van der Waals surface area contributed by atoms with Gasteiger partial charge in [-0.1, -0.05) is 73.6 Å². The Kier molecular flexibility index (Phi) is 7.94. The zero-order valence-electron chi connectivity index (χ0n) is 18.3. The molecule has 164 valence electrons. The van der Waals surface area contributed by atoms with E-state index in [1.54, 1.807) is 10.6 Å². The zero-order chi connectivity index (χ0) is 22.5. The number of aromatic nitrogens is 2. The number of rotatable bonds is 8. The number of thioether (sulfide) groups is 1. The van der Waals surface area contributed by atoms with E-state index in [-0.39, 0.29) is 17.2 Å². The topological polar surface area (TPSA) is 55.2 Å². The number of benzene rings is 2. The first kappa shape index (κ1) is 23.5. The summed E-state index contributed by atoms with van der Waals surface area (Å²) in [4.78, 5) is 33.0. The number of para-hydroxylation sites is 1. The molecule has 0 fully saturated rings. The van der Waals surface area contributed by atoms with Gasteiger partial charge in [0.15, 0.2) is 5.16 Å². The second kappa shape index (κ2) is 10.5. The average molecular weight is 502 g/mol. The monoisotopic (exact) mass is 501 g/mol. The predicted octanol–water partition coefficient (Wildman–Crippen LogP) is 5.38. The third-order valence-corrected chi connectivity index (χ3v) is 6.08. The fraction of sp³-hybridized carbons (Fsp3) is 0.375. The van der Waals surface area contributed by atoms with Crippen LogP contribution in [0.15, 0.2) is 63.0 Å². The van der Waals surface area contributed by atoms with Crippen LogP contribution in [0.2, 0.25) is 0 Å². The number of hydrogen-bond donors (Lipinski definition) is 0. The lowest BCUT2D eigenvalue weighted by Gasteiger charge is -2.26. The highest BCUT2D eigenvalue weighted by Gasteiger charge is 2.19. The molecule has 0 atom stereocenters. The van der Waals surface area contributed by atoms with Crippen LogP contribution in [0.4, 0.5) is 0 Å². The number of carbonyl (C=O) groups is 1. The highest BCUT2D eigenvalue weighted by molar-refractivity contribution is 9.10. The van der Waals surface area contributed by atoms with Crippen LogP contribution in [0.3, 0.4) is 0 Å². The molecule has 3 rings (SSSR count). The van der Waals surface area contributed by atoms with Gasteiger partial charge in [0.2, 0.25) is 5.91 Å². The molecule has 0 aliphatic heterocycles. The van der Waals surface area contributed by atoms with E-state index in [0.29, 0.717) is 27.9 Å². The van der Waals surface area contributed by atoms with Crippen molar-refractivity contribution in [3.05, 3.63) is 63.4 Å². The molecule has 31 heavy (non-hydrogen) atoms. The molecular weight excluding hydrogens is 474 g/mol. The highest BCUT2D eigenvalue weighted by atomic mass is 79.9. The van der Waals surface area contributed by atoms with Crippen LogP contribution in [-0.4, -0.2) is 39.2 Å². The molecular formula is C24H28BrN3O2S. The summed E-state index contributed by atoms with van der Waals surface area (Å²) in [6.45, 7) is 9.91. The number of fused-ring (bicyclic) bond motifs is 1. The van der Waals surface area contributed by atoms with Gasteiger partial charge in [0.25, 0.3) is 5.56 Å². The van der Waals surface area contributed by atoms with Crippen LogP contribution in [0.5, 0.6) is 0 Å². The van der Waals surface area contributed by atoms with Crippen molar-refractivity contribution in [3.63, 3.8) is 0 Å². The average Bonchev–Trinajstić information content (AvgIpc) is 2.72. The van der Waals surface area contributed by atoms with Crippen molar-refractivity contribution >= 4 is 44.5 Å². The lowest BCUT2D eigenvalue weighted by Crippen LogP contribution is -2.38. The van der Waals surface area contributed by atoms with E-state index < -0.39 is 0 Å². The second-order valence-electron chi connectivity index (χ2n) is 8.41. The van der Waals surface area contributed by atoms with Gasteiger partial charge in [-0.3, -0.25) is 14.2 Å². The van der Waals surface area contributed by atoms with Gasteiger partial charge in [0.05, 0.1) is 22.3 Å². The first-order chi connectivity index (χ1) is 14.8.